The average Bonchev–Trinajstić information content (AvgIpc) is 2.71. The van der Waals surface area contributed by atoms with Crippen molar-refractivity contribution in [3.63, 3.8) is 0 Å². The second-order valence-electron chi connectivity index (χ2n) is 8.17. The number of hydrogen-bond donors (Lipinski definition) is 0. The summed E-state index contributed by atoms with van der Waals surface area (Å²) in [5, 5.41) is 0. The molecular formula is C23H36F2O3. The van der Waals surface area contributed by atoms with Gasteiger partial charge in [-0.05, 0) is 56.4 Å². The highest BCUT2D eigenvalue weighted by atomic mass is 19.2. The van der Waals surface area contributed by atoms with Crippen molar-refractivity contribution in [1.29, 1.82) is 0 Å². The van der Waals surface area contributed by atoms with Gasteiger partial charge in [0.1, 0.15) is 5.76 Å². The Hall–Kier alpha value is -1.20. The molecule has 0 spiro atoms. The van der Waals surface area contributed by atoms with Crippen LogP contribution in [0, 0.1) is 17.8 Å². The van der Waals surface area contributed by atoms with Crippen molar-refractivity contribution in [2.75, 3.05) is 20.3 Å². The molecular weight excluding hydrogens is 362 g/mol. The van der Waals surface area contributed by atoms with Crippen LogP contribution in [0.2, 0.25) is 0 Å². The Morgan fingerprint density at radius 3 is 2.36 bits per heavy atom. The van der Waals surface area contributed by atoms with E-state index in [1.165, 1.54) is 39.2 Å². The topological polar surface area (TPSA) is 27.7 Å². The lowest BCUT2D eigenvalue weighted by Crippen LogP contribution is -2.24. The van der Waals surface area contributed by atoms with Gasteiger partial charge in [-0.25, -0.2) is 8.78 Å². The SMILES string of the molecule is C=CCCC1CCC(COC(C)OCC(C)C2=C(F)C(F)=C(OC)CC2)CC1. The van der Waals surface area contributed by atoms with Crippen molar-refractivity contribution in [2.45, 2.75) is 71.5 Å². The Labute approximate surface area is 168 Å². The summed E-state index contributed by atoms with van der Waals surface area (Å²) in [4.78, 5) is 0. The highest BCUT2D eigenvalue weighted by Crippen LogP contribution is 2.36. The van der Waals surface area contributed by atoms with Crippen LogP contribution in [-0.4, -0.2) is 26.6 Å². The van der Waals surface area contributed by atoms with Gasteiger partial charge in [0.05, 0.1) is 20.3 Å². The summed E-state index contributed by atoms with van der Waals surface area (Å²) in [7, 11) is 1.37. The van der Waals surface area contributed by atoms with Gasteiger partial charge in [0.2, 0.25) is 0 Å². The van der Waals surface area contributed by atoms with Crippen LogP contribution in [-0.2, 0) is 14.2 Å². The van der Waals surface area contributed by atoms with Gasteiger partial charge in [0.25, 0.3) is 0 Å². The predicted molar refractivity (Wildman–Crippen MR) is 108 cm³/mol. The van der Waals surface area contributed by atoms with Crippen LogP contribution in [0.25, 0.3) is 0 Å². The summed E-state index contributed by atoms with van der Waals surface area (Å²) in [5.41, 5.74) is 0.461. The molecule has 0 aromatic heterocycles. The normalized spacial score (nSPS) is 25.6. The Kier molecular flexibility index (Phi) is 9.66. The van der Waals surface area contributed by atoms with E-state index in [0.717, 1.165) is 12.3 Å². The first-order valence-electron chi connectivity index (χ1n) is 10.6. The first kappa shape index (κ1) is 23.1. The van der Waals surface area contributed by atoms with Crippen molar-refractivity contribution < 1.29 is 23.0 Å². The van der Waals surface area contributed by atoms with Crippen molar-refractivity contribution in [3.8, 4) is 0 Å². The first-order chi connectivity index (χ1) is 13.5. The number of allylic oxidation sites excluding steroid dienone is 4. The van der Waals surface area contributed by atoms with Gasteiger partial charge < -0.3 is 14.2 Å². The summed E-state index contributed by atoms with van der Waals surface area (Å²) in [6.07, 6.45) is 9.81. The molecule has 0 aromatic rings. The summed E-state index contributed by atoms with van der Waals surface area (Å²) in [6, 6.07) is 0. The van der Waals surface area contributed by atoms with Crippen molar-refractivity contribution in [3.05, 3.63) is 35.6 Å². The van der Waals surface area contributed by atoms with Crippen molar-refractivity contribution in [2.24, 2.45) is 17.8 Å². The van der Waals surface area contributed by atoms with E-state index in [1.807, 2.05) is 19.9 Å². The highest BCUT2D eigenvalue weighted by molar-refractivity contribution is 5.33. The van der Waals surface area contributed by atoms with E-state index in [9.17, 15) is 8.78 Å². The minimum absolute atomic E-state index is 0.0882. The van der Waals surface area contributed by atoms with E-state index >= 15 is 0 Å². The summed E-state index contributed by atoms with van der Waals surface area (Å²) >= 11 is 0. The van der Waals surface area contributed by atoms with Crippen LogP contribution in [0.1, 0.15) is 65.2 Å². The lowest BCUT2D eigenvalue weighted by atomic mass is 9.80. The lowest BCUT2D eigenvalue weighted by Gasteiger charge is -2.29. The molecule has 5 heteroatoms. The van der Waals surface area contributed by atoms with E-state index in [1.54, 1.807) is 0 Å². The molecule has 28 heavy (non-hydrogen) atoms. The second-order valence-corrected chi connectivity index (χ2v) is 8.17. The fourth-order valence-electron chi connectivity index (χ4n) is 4.13. The van der Waals surface area contributed by atoms with Gasteiger partial charge in [-0.1, -0.05) is 25.8 Å². The smallest absolute Gasteiger partial charge is 0.196 e. The largest absolute Gasteiger partial charge is 0.498 e. The third-order valence-electron chi connectivity index (χ3n) is 6.08. The van der Waals surface area contributed by atoms with Gasteiger partial charge >= 0.3 is 0 Å². The fourth-order valence-corrected chi connectivity index (χ4v) is 4.13. The molecule has 2 rings (SSSR count). The molecule has 0 bridgehead atoms. The Bertz CT molecular complexity index is 562. The van der Waals surface area contributed by atoms with Gasteiger partial charge in [-0.3, -0.25) is 0 Å². The van der Waals surface area contributed by atoms with E-state index < -0.39 is 11.7 Å². The number of halogens is 2. The molecule has 0 amide bonds. The Balaban J connectivity index is 1.69. The molecule has 0 saturated heterocycles. The van der Waals surface area contributed by atoms with Crippen molar-refractivity contribution in [1.82, 2.24) is 0 Å². The zero-order chi connectivity index (χ0) is 20.5. The van der Waals surface area contributed by atoms with Gasteiger partial charge in [0, 0.05) is 12.3 Å². The zero-order valence-corrected chi connectivity index (χ0v) is 17.6. The highest BCUT2D eigenvalue weighted by Gasteiger charge is 2.27. The number of ether oxygens (including phenoxy) is 3. The molecule has 1 saturated carbocycles. The standard InChI is InChI=1S/C23H36F2O3/c1-5-6-7-18-8-10-19(11-9-18)15-28-17(3)27-14-16(2)20-12-13-21(26-4)23(25)22(20)24/h5,16-19H,1,6-15H2,2-4H3. The molecule has 2 unspecified atom stereocenters. The molecule has 2 atom stereocenters. The quantitative estimate of drug-likeness (QED) is 0.289. The molecule has 0 radical (unpaired) electrons. The van der Waals surface area contributed by atoms with Crippen LogP contribution in [0.5, 0.6) is 0 Å². The third-order valence-corrected chi connectivity index (χ3v) is 6.08. The van der Waals surface area contributed by atoms with Crippen LogP contribution in [0.4, 0.5) is 8.78 Å². The number of rotatable bonds is 11. The number of hydrogen-bond acceptors (Lipinski definition) is 3. The summed E-state index contributed by atoms with van der Waals surface area (Å²) in [5.74, 6) is -0.352. The lowest BCUT2D eigenvalue weighted by molar-refractivity contribution is -0.145. The Morgan fingerprint density at radius 1 is 1.04 bits per heavy atom. The molecule has 2 aliphatic rings. The van der Waals surface area contributed by atoms with Gasteiger partial charge in [-0.15, -0.1) is 6.58 Å². The predicted octanol–water partition coefficient (Wildman–Crippen LogP) is 6.62. The maximum Gasteiger partial charge on any atom is 0.196 e. The van der Waals surface area contributed by atoms with Crippen LogP contribution in [0.3, 0.4) is 0 Å². The van der Waals surface area contributed by atoms with Crippen LogP contribution in [0.15, 0.2) is 35.6 Å². The molecule has 160 valence electrons. The summed E-state index contributed by atoms with van der Waals surface area (Å²) in [6.45, 7) is 8.55. The fraction of sp³-hybridized carbons (Fsp3) is 0.739. The minimum atomic E-state index is -0.872. The van der Waals surface area contributed by atoms with Crippen LogP contribution < -0.4 is 0 Å². The summed E-state index contributed by atoms with van der Waals surface area (Å²) < 4.78 is 44.7. The first-order valence-corrected chi connectivity index (χ1v) is 10.6. The molecule has 2 aliphatic carbocycles. The van der Waals surface area contributed by atoms with Gasteiger partial charge in [-0.2, -0.15) is 0 Å². The molecule has 0 heterocycles. The average molecular weight is 399 g/mol. The molecule has 0 aromatic carbocycles. The minimum Gasteiger partial charge on any atom is -0.498 e. The van der Waals surface area contributed by atoms with E-state index in [0.29, 0.717) is 37.5 Å². The van der Waals surface area contributed by atoms with Crippen molar-refractivity contribution >= 4 is 0 Å². The Morgan fingerprint density at radius 2 is 1.71 bits per heavy atom. The molecule has 3 nitrogen and oxygen atoms in total. The van der Waals surface area contributed by atoms with E-state index in [4.69, 9.17) is 14.2 Å². The molecule has 0 N–H and O–H groups in total. The maximum absolute atomic E-state index is 14.2. The molecule has 1 fully saturated rings. The molecule has 0 aliphatic heterocycles. The van der Waals surface area contributed by atoms with E-state index in [2.05, 4.69) is 6.58 Å². The van der Waals surface area contributed by atoms with Crippen LogP contribution >= 0.6 is 0 Å². The second kappa shape index (κ2) is 11.7. The van der Waals surface area contributed by atoms with E-state index in [-0.39, 0.29) is 18.0 Å². The zero-order valence-electron chi connectivity index (χ0n) is 17.6. The van der Waals surface area contributed by atoms with Gasteiger partial charge in [0.15, 0.2) is 17.9 Å². The monoisotopic (exact) mass is 398 g/mol. The number of methoxy groups -OCH3 is 1. The maximum atomic E-state index is 14.2. The third kappa shape index (κ3) is 6.70.